The molecule has 1 amide bonds. The summed E-state index contributed by atoms with van der Waals surface area (Å²) in [6.45, 7) is 1.96. The van der Waals surface area contributed by atoms with Gasteiger partial charge in [-0.1, -0.05) is 41.9 Å². The number of carbonyl (C=O) groups excluding carboxylic acids is 3. The van der Waals surface area contributed by atoms with E-state index in [9.17, 15) is 19.5 Å². The van der Waals surface area contributed by atoms with Crippen LogP contribution < -0.4 is 4.90 Å². The van der Waals surface area contributed by atoms with Gasteiger partial charge in [0.15, 0.2) is 0 Å². The van der Waals surface area contributed by atoms with Gasteiger partial charge in [-0.3, -0.25) is 14.5 Å². The van der Waals surface area contributed by atoms with Gasteiger partial charge in [0.2, 0.25) is 0 Å². The quantitative estimate of drug-likeness (QED) is 0.246. The molecule has 3 aromatic rings. The summed E-state index contributed by atoms with van der Waals surface area (Å²) in [5, 5.41) is 11.5. The number of ether oxygens (including phenoxy) is 1. The highest BCUT2D eigenvalue weighted by molar-refractivity contribution is 6.51. The molecule has 1 fully saturated rings. The van der Waals surface area contributed by atoms with Gasteiger partial charge < -0.3 is 9.84 Å². The summed E-state index contributed by atoms with van der Waals surface area (Å²) < 4.78 is 5.00. The number of hydrogen-bond donors (Lipinski definition) is 1. The predicted molar refractivity (Wildman–Crippen MR) is 125 cm³/mol. The molecule has 0 aromatic heterocycles. The van der Waals surface area contributed by atoms with E-state index in [-0.39, 0.29) is 17.9 Å². The third-order valence-corrected chi connectivity index (χ3v) is 5.59. The molecule has 0 radical (unpaired) electrons. The minimum absolute atomic E-state index is 0.0250. The van der Waals surface area contributed by atoms with Gasteiger partial charge >= 0.3 is 5.97 Å². The Hall–Kier alpha value is -3.90. The van der Waals surface area contributed by atoms with E-state index >= 15 is 0 Å². The number of nitrogens with zero attached hydrogens (tertiary/aromatic N) is 1. The van der Waals surface area contributed by atoms with Crippen LogP contribution in [0.5, 0.6) is 0 Å². The molecule has 4 rings (SSSR count). The lowest BCUT2D eigenvalue weighted by Crippen LogP contribution is -2.29. The van der Waals surface area contributed by atoms with E-state index in [1.165, 1.54) is 17.0 Å². The lowest BCUT2D eigenvalue weighted by Gasteiger charge is -2.25. The first-order valence-corrected chi connectivity index (χ1v) is 10.7. The summed E-state index contributed by atoms with van der Waals surface area (Å²) in [4.78, 5) is 39.6. The monoisotopic (exact) mass is 461 g/mol. The van der Waals surface area contributed by atoms with Gasteiger partial charge in [-0.05, 0) is 61.0 Å². The summed E-state index contributed by atoms with van der Waals surface area (Å²) in [6, 6.07) is 20.7. The molecular weight excluding hydrogens is 442 g/mol. The lowest BCUT2D eigenvalue weighted by molar-refractivity contribution is -0.132. The first-order valence-electron chi connectivity index (χ1n) is 10.3. The molecule has 0 saturated carbocycles. The first kappa shape index (κ1) is 22.3. The second-order valence-corrected chi connectivity index (χ2v) is 7.79. The maximum atomic E-state index is 13.1. The van der Waals surface area contributed by atoms with Crippen molar-refractivity contribution in [2.24, 2.45) is 0 Å². The number of hydrogen-bond acceptors (Lipinski definition) is 5. The molecule has 0 spiro atoms. The fraction of sp³-hybridized carbons (Fsp3) is 0.115. The Labute approximate surface area is 195 Å². The van der Waals surface area contributed by atoms with E-state index in [0.29, 0.717) is 27.4 Å². The van der Waals surface area contributed by atoms with Crippen molar-refractivity contribution in [2.45, 2.75) is 13.0 Å². The van der Waals surface area contributed by atoms with Crippen molar-refractivity contribution < 1.29 is 24.2 Å². The summed E-state index contributed by atoms with van der Waals surface area (Å²) in [5.74, 6) is -2.34. The number of esters is 1. The van der Waals surface area contributed by atoms with Gasteiger partial charge in [0.25, 0.3) is 11.7 Å². The minimum atomic E-state index is -0.852. The number of rotatable bonds is 5. The predicted octanol–water partition coefficient (Wildman–Crippen LogP) is 5.14. The third kappa shape index (κ3) is 4.25. The van der Waals surface area contributed by atoms with E-state index in [1.807, 2.05) is 6.07 Å². The Morgan fingerprint density at radius 3 is 2.15 bits per heavy atom. The van der Waals surface area contributed by atoms with Crippen LogP contribution in [0.4, 0.5) is 5.69 Å². The molecule has 3 aromatic carbocycles. The fourth-order valence-corrected chi connectivity index (χ4v) is 3.91. The number of Topliss-reactive ketones (excluding diaryl/α,β-unsaturated/α-hetero) is 1. The van der Waals surface area contributed by atoms with Crippen LogP contribution in [0.2, 0.25) is 5.02 Å². The average Bonchev–Trinajstić information content (AvgIpc) is 3.10. The molecule has 1 aliphatic rings. The molecule has 7 heteroatoms. The van der Waals surface area contributed by atoms with Crippen LogP contribution in [0.25, 0.3) is 5.76 Å². The topological polar surface area (TPSA) is 83.9 Å². The SMILES string of the molecule is CCOC(=O)c1ccc(N2C(=O)C(=O)/C(=C(/O)c3ccc(Cl)cc3)[C@@H]2c2ccccc2)cc1. The number of benzene rings is 3. The standard InChI is InChI=1S/C26H20ClNO5/c1-2-33-26(32)18-10-14-20(15-11-18)28-22(16-6-4-3-5-7-16)21(24(30)25(28)31)23(29)17-8-12-19(27)13-9-17/h3-15,22,29H,2H2,1H3/b23-21+/t22-/m0/s1. The molecule has 1 N–H and O–H groups in total. The highest BCUT2D eigenvalue weighted by Gasteiger charge is 2.46. The third-order valence-electron chi connectivity index (χ3n) is 5.33. The Kier molecular flexibility index (Phi) is 6.29. The number of aliphatic hydroxyl groups is 1. The van der Waals surface area contributed by atoms with Gasteiger partial charge in [0, 0.05) is 16.3 Å². The van der Waals surface area contributed by atoms with E-state index in [4.69, 9.17) is 16.3 Å². The fourth-order valence-electron chi connectivity index (χ4n) is 3.79. The number of aliphatic hydroxyl groups excluding tert-OH is 1. The number of amides is 1. The lowest BCUT2D eigenvalue weighted by atomic mass is 9.95. The van der Waals surface area contributed by atoms with Crippen LogP contribution in [-0.2, 0) is 14.3 Å². The molecule has 0 unspecified atom stereocenters. The summed E-state index contributed by atoms with van der Waals surface area (Å²) in [6.07, 6.45) is 0. The summed E-state index contributed by atoms with van der Waals surface area (Å²) >= 11 is 5.95. The van der Waals surface area contributed by atoms with Crippen LogP contribution >= 0.6 is 11.6 Å². The summed E-state index contributed by atoms with van der Waals surface area (Å²) in [5.41, 5.74) is 1.74. The van der Waals surface area contributed by atoms with E-state index in [2.05, 4.69) is 0 Å². The molecule has 0 aliphatic carbocycles. The normalized spacial score (nSPS) is 17.3. The highest BCUT2D eigenvalue weighted by Crippen LogP contribution is 2.42. The van der Waals surface area contributed by atoms with Gasteiger partial charge in [-0.15, -0.1) is 0 Å². The zero-order valence-electron chi connectivity index (χ0n) is 17.7. The number of halogens is 1. The van der Waals surface area contributed by atoms with Crippen molar-refractivity contribution in [1.29, 1.82) is 0 Å². The van der Waals surface area contributed by atoms with Crippen molar-refractivity contribution in [3.8, 4) is 0 Å². The van der Waals surface area contributed by atoms with Gasteiger partial charge in [-0.25, -0.2) is 4.79 Å². The van der Waals surface area contributed by atoms with Crippen molar-refractivity contribution in [3.63, 3.8) is 0 Å². The molecule has 1 aliphatic heterocycles. The average molecular weight is 462 g/mol. The Morgan fingerprint density at radius 2 is 1.55 bits per heavy atom. The van der Waals surface area contributed by atoms with Crippen LogP contribution in [0, 0.1) is 0 Å². The largest absolute Gasteiger partial charge is 0.507 e. The van der Waals surface area contributed by atoms with Crippen LogP contribution in [0.3, 0.4) is 0 Å². The van der Waals surface area contributed by atoms with Crippen molar-refractivity contribution in [2.75, 3.05) is 11.5 Å². The second-order valence-electron chi connectivity index (χ2n) is 7.35. The zero-order chi connectivity index (χ0) is 23.5. The van der Waals surface area contributed by atoms with Crippen LogP contribution in [0.1, 0.15) is 34.5 Å². The van der Waals surface area contributed by atoms with Gasteiger partial charge in [0.05, 0.1) is 23.8 Å². The smallest absolute Gasteiger partial charge is 0.338 e. The van der Waals surface area contributed by atoms with E-state index < -0.39 is 23.7 Å². The number of ketones is 1. The maximum absolute atomic E-state index is 13.1. The van der Waals surface area contributed by atoms with Gasteiger partial charge in [0.1, 0.15) is 5.76 Å². The van der Waals surface area contributed by atoms with Crippen molar-refractivity contribution in [1.82, 2.24) is 0 Å². The van der Waals surface area contributed by atoms with Gasteiger partial charge in [-0.2, -0.15) is 0 Å². The molecule has 1 atom stereocenters. The van der Waals surface area contributed by atoms with Crippen LogP contribution in [0.15, 0.2) is 84.4 Å². The maximum Gasteiger partial charge on any atom is 0.338 e. The second kappa shape index (κ2) is 9.30. The molecule has 33 heavy (non-hydrogen) atoms. The van der Waals surface area contributed by atoms with Crippen molar-refractivity contribution >= 4 is 40.7 Å². The molecule has 1 saturated heterocycles. The molecular formula is C26H20ClNO5. The highest BCUT2D eigenvalue weighted by atomic mass is 35.5. The number of anilines is 1. The Balaban J connectivity index is 1.84. The van der Waals surface area contributed by atoms with Crippen molar-refractivity contribution in [3.05, 3.63) is 106 Å². The zero-order valence-corrected chi connectivity index (χ0v) is 18.5. The Bertz CT molecular complexity index is 1230. The molecule has 0 bridgehead atoms. The van der Waals surface area contributed by atoms with E-state index in [1.54, 1.807) is 67.6 Å². The first-order chi connectivity index (χ1) is 15.9. The number of carbonyl (C=O) groups is 3. The molecule has 166 valence electrons. The molecule has 6 nitrogen and oxygen atoms in total. The molecule has 1 heterocycles. The minimum Gasteiger partial charge on any atom is -0.507 e. The van der Waals surface area contributed by atoms with E-state index in [0.717, 1.165) is 0 Å². The van der Waals surface area contributed by atoms with Crippen LogP contribution in [-0.4, -0.2) is 29.4 Å². The Morgan fingerprint density at radius 1 is 0.939 bits per heavy atom. The summed E-state index contributed by atoms with van der Waals surface area (Å²) in [7, 11) is 0.